The van der Waals surface area contributed by atoms with Gasteiger partial charge in [-0.3, -0.25) is 0 Å². The SMILES string of the molecule is Cc1nc2ccc(Cl)nn2c1CO[Si](C)(C)C(C)(C)C. The van der Waals surface area contributed by atoms with E-state index >= 15 is 0 Å². The molecular weight excluding hydrogens is 290 g/mol. The lowest BCUT2D eigenvalue weighted by atomic mass is 10.2. The molecule has 0 aliphatic carbocycles. The van der Waals surface area contributed by atoms with E-state index in [0.29, 0.717) is 11.8 Å². The van der Waals surface area contributed by atoms with Gasteiger partial charge in [-0.25, -0.2) is 9.50 Å². The summed E-state index contributed by atoms with van der Waals surface area (Å²) in [4.78, 5) is 4.49. The monoisotopic (exact) mass is 311 g/mol. The first-order chi connectivity index (χ1) is 9.12. The predicted molar refractivity (Wildman–Crippen MR) is 84.7 cm³/mol. The molecule has 6 heteroatoms. The van der Waals surface area contributed by atoms with E-state index in [1.54, 1.807) is 10.6 Å². The van der Waals surface area contributed by atoms with Crippen molar-refractivity contribution in [3.8, 4) is 0 Å². The van der Waals surface area contributed by atoms with Crippen LogP contribution in [-0.4, -0.2) is 22.9 Å². The average molecular weight is 312 g/mol. The first kappa shape index (κ1) is 15.5. The maximum absolute atomic E-state index is 6.26. The third-order valence-electron chi connectivity index (χ3n) is 4.11. The Hall–Kier alpha value is -0.913. The lowest BCUT2D eigenvalue weighted by Gasteiger charge is -2.36. The molecule has 0 atom stereocenters. The molecule has 0 aromatic carbocycles. The number of halogens is 1. The van der Waals surface area contributed by atoms with Gasteiger partial charge < -0.3 is 4.43 Å². The Morgan fingerprint density at radius 3 is 2.55 bits per heavy atom. The predicted octanol–water partition coefficient (Wildman–Crippen LogP) is 4.21. The first-order valence-corrected chi connectivity index (χ1v) is 10.1. The zero-order valence-corrected chi connectivity index (χ0v) is 14.7. The van der Waals surface area contributed by atoms with Crippen molar-refractivity contribution >= 4 is 25.6 Å². The fourth-order valence-corrected chi connectivity index (χ4v) is 2.77. The van der Waals surface area contributed by atoms with Gasteiger partial charge in [-0.2, -0.15) is 5.10 Å². The number of hydrogen-bond acceptors (Lipinski definition) is 3. The first-order valence-electron chi connectivity index (χ1n) is 6.76. The topological polar surface area (TPSA) is 39.4 Å². The third-order valence-corrected chi connectivity index (χ3v) is 8.79. The van der Waals surface area contributed by atoms with Crippen LogP contribution in [0.5, 0.6) is 0 Å². The molecule has 0 N–H and O–H groups in total. The van der Waals surface area contributed by atoms with Crippen molar-refractivity contribution in [3.05, 3.63) is 28.7 Å². The summed E-state index contributed by atoms with van der Waals surface area (Å²) < 4.78 is 8.04. The Balaban J connectivity index is 2.31. The van der Waals surface area contributed by atoms with Gasteiger partial charge in [0, 0.05) is 0 Å². The van der Waals surface area contributed by atoms with Crippen LogP contribution in [0.1, 0.15) is 32.2 Å². The molecular formula is C14H22ClN3OSi. The Bertz CT molecular complexity index is 631. The summed E-state index contributed by atoms with van der Waals surface area (Å²) in [5.74, 6) is 0. The van der Waals surface area contributed by atoms with Gasteiger partial charge in [-0.15, -0.1) is 0 Å². The van der Waals surface area contributed by atoms with Crippen molar-refractivity contribution in [1.29, 1.82) is 0 Å². The largest absolute Gasteiger partial charge is 0.411 e. The number of hydrogen-bond donors (Lipinski definition) is 0. The average Bonchev–Trinajstić information content (AvgIpc) is 2.60. The van der Waals surface area contributed by atoms with Crippen LogP contribution in [0.15, 0.2) is 12.1 Å². The number of aryl methyl sites for hydroxylation is 1. The van der Waals surface area contributed by atoms with Gasteiger partial charge in [0.1, 0.15) is 5.15 Å². The van der Waals surface area contributed by atoms with Gasteiger partial charge in [0.25, 0.3) is 0 Å². The molecule has 0 bridgehead atoms. The molecule has 20 heavy (non-hydrogen) atoms. The summed E-state index contributed by atoms with van der Waals surface area (Å²) in [5, 5.41) is 4.96. The molecule has 0 spiro atoms. The molecule has 2 rings (SSSR count). The molecule has 0 aliphatic heterocycles. The zero-order chi connectivity index (χ0) is 15.1. The second-order valence-corrected chi connectivity index (χ2v) is 11.8. The van der Waals surface area contributed by atoms with Crippen LogP contribution in [0.3, 0.4) is 0 Å². The maximum Gasteiger partial charge on any atom is 0.192 e. The smallest absolute Gasteiger partial charge is 0.192 e. The number of imidazole rings is 1. The van der Waals surface area contributed by atoms with Crippen molar-refractivity contribution in [2.24, 2.45) is 0 Å². The molecule has 0 saturated heterocycles. The number of nitrogens with zero attached hydrogens (tertiary/aromatic N) is 3. The Morgan fingerprint density at radius 2 is 1.95 bits per heavy atom. The van der Waals surface area contributed by atoms with Gasteiger partial charge >= 0.3 is 0 Å². The second kappa shape index (κ2) is 5.13. The van der Waals surface area contributed by atoms with E-state index in [1.807, 2.05) is 13.0 Å². The summed E-state index contributed by atoms with van der Waals surface area (Å²) in [6.45, 7) is 13.7. The molecule has 2 aromatic rings. The molecule has 0 radical (unpaired) electrons. The van der Waals surface area contributed by atoms with Crippen LogP contribution < -0.4 is 0 Å². The normalized spacial score (nSPS) is 13.2. The van der Waals surface area contributed by atoms with Crippen molar-refractivity contribution in [2.45, 2.75) is 52.4 Å². The minimum absolute atomic E-state index is 0.187. The minimum Gasteiger partial charge on any atom is -0.411 e. The van der Waals surface area contributed by atoms with Crippen LogP contribution in [0.2, 0.25) is 23.3 Å². The Labute approximate surface area is 126 Å². The number of rotatable bonds is 3. The van der Waals surface area contributed by atoms with E-state index in [4.69, 9.17) is 16.0 Å². The van der Waals surface area contributed by atoms with Crippen LogP contribution in [0, 0.1) is 6.92 Å². The van der Waals surface area contributed by atoms with Gasteiger partial charge in [0.2, 0.25) is 0 Å². The summed E-state index contributed by atoms with van der Waals surface area (Å²) >= 11 is 5.97. The fraction of sp³-hybridized carbons (Fsp3) is 0.571. The van der Waals surface area contributed by atoms with Crippen molar-refractivity contribution in [2.75, 3.05) is 0 Å². The van der Waals surface area contributed by atoms with Crippen LogP contribution in [0.4, 0.5) is 0 Å². The van der Waals surface area contributed by atoms with E-state index in [1.165, 1.54) is 0 Å². The van der Waals surface area contributed by atoms with Crippen LogP contribution in [0.25, 0.3) is 5.65 Å². The maximum atomic E-state index is 6.26. The van der Waals surface area contributed by atoms with Gasteiger partial charge in [-0.05, 0) is 37.2 Å². The highest BCUT2D eigenvalue weighted by molar-refractivity contribution is 6.74. The lowest BCUT2D eigenvalue weighted by molar-refractivity contribution is 0.269. The Kier molecular flexibility index (Phi) is 3.97. The lowest BCUT2D eigenvalue weighted by Crippen LogP contribution is -2.40. The van der Waals surface area contributed by atoms with E-state index in [-0.39, 0.29) is 5.04 Å². The molecule has 0 fully saturated rings. The van der Waals surface area contributed by atoms with E-state index in [0.717, 1.165) is 17.0 Å². The van der Waals surface area contributed by atoms with Crippen LogP contribution >= 0.6 is 11.6 Å². The molecule has 2 heterocycles. The number of aromatic nitrogens is 3. The standard InChI is InChI=1S/C14H22ClN3OSi/c1-10-11(9-19-20(5,6)14(2,3)4)18-13(16-10)8-7-12(15)17-18/h7-8H,9H2,1-6H3. The summed E-state index contributed by atoms with van der Waals surface area (Å²) in [6.07, 6.45) is 0. The van der Waals surface area contributed by atoms with Gasteiger partial charge in [0.15, 0.2) is 14.0 Å². The number of fused-ring (bicyclic) bond motifs is 1. The fourth-order valence-electron chi connectivity index (χ4n) is 1.70. The minimum atomic E-state index is -1.79. The molecule has 0 aliphatic rings. The van der Waals surface area contributed by atoms with Gasteiger partial charge in [0.05, 0.1) is 18.0 Å². The molecule has 4 nitrogen and oxygen atoms in total. The highest BCUT2D eigenvalue weighted by Crippen LogP contribution is 2.37. The molecule has 0 saturated carbocycles. The highest BCUT2D eigenvalue weighted by Gasteiger charge is 2.37. The molecule has 0 amide bonds. The van der Waals surface area contributed by atoms with E-state index in [9.17, 15) is 0 Å². The molecule has 110 valence electrons. The third kappa shape index (κ3) is 2.89. The van der Waals surface area contributed by atoms with Crippen molar-refractivity contribution in [1.82, 2.24) is 14.6 Å². The summed E-state index contributed by atoms with van der Waals surface area (Å²) in [7, 11) is -1.79. The molecule has 0 unspecified atom stereocenters. The van der Waals surface area contributed by atoms with Crippen molar-refractivity contribution < 1.29 is 4.43 Å². The van der Waals surface area contributed by atoms with E-state index in [2.05, 4.69) is 43.9 Å². The second-order valence-electron chi connectivity index (χ2n) is 6.62. The quantitative estimate of drug-likeness (QED) is 0.797. The summed E-state index contributed by atoms with van der Waals surface area (Å²) in [6, 6.07) is 3.62. The zero-order valence-electron chi connectivity index (χ0n) is 13.0. The Morgan fingerprint density at radius 1 is 1.30 bits per heavy atom. The molecule has 2 aromatic heterocycles. The summed E-state index contributed by atoms with van der Waals surface area (Å²) in [5.41, 5.74) is 2.73. The van der Waals surface area contributed by atoms with Gasteiger partial charge in [-0.1, -0.05) is 32.4 Å². The van der Waals surface area contributed by atoms with E-state index < -0.39 is 8.32 Å². The van der Waals surface area contributed by atoms with Crippen molar-refractivity contribution in [3.63, 3.8) is 0 Å². The van der Waals surface area contributed by atoms with Crippen LogP contribution in [-0.2, 0) is 11.0 Å². The highest BCUT2D eigenvalue weighted by atomic mass is 35.5.